The molecule has 0 aliphatic rings. The van der Waals surface area contributed by atoms with Gasteiger partial charge in [0.15, 0.2) is 0 Å². The molecule has 1 N–H and O–H groups in total. The number of nitrogens with one attached hydrogen (secondary N) is 1. The van der Waals surface area contributed by atoms with Gasteiger partial charge in [0.2, 0.25) is 5.91 Å². The van der Waals surface area contributed by atoms with Crippen LogP contribution in [0, 0.1) is 6.42 Å². The number of alkyl halides is 1. The molecule has 63 valence electrons. The summed E-state index contributed by atoms with van der Waals surface area (Å²) in [6, 6.07) is 9.24. The number of carbonyl (C=O) groups excluding carboxylic acids is 1. The van der Waals surface area contributed by atoms with Crippen molar-refractivity contribution in [1.82, 2.24) is 0 Å². The van der Waals surface area contributed by atoms with Crippen LogP contribution in [-0.4, -0.2) is 11.8 Å². The predicted octanol–water partition coefficient (Wildman–Crippen LogP) is 2.07. The van der Waals surface area contributed by atoms with Gasteiger partial charge in [0, 0.05) is 11.6 Å². The molecule has 0 bridgehead atoms. The molecule has 1 amide bonds. The number of halogens is 1. The molecular formula is C9H9ClNO. The van der Waals surface area contributed by atoms with Gasteiger partial charge in [-0.3, -0.25) is 4.79 Å². The van der Waals surface area contributed by atoms with Crippen LogP contribution in [0.3, 0.4) is 0 Å². The summed E-state index contributed by atoms with van der Waals surface area (Å²) < 4.78 is 0. The molecule has 3 heteroatoms. The van der Waals surface area contributed by atoms with Crippen LogP contribution in [0.25, 0.3) is 0 Å². The third kappa shape index (κ3) is 2.93. The van der Waals surface area contributed by atoms with Crippen LogP contribution in [0.2, 0.25) is 0 Å². The molecule has 0 aliphatic carbocycles. The Morgan fingerprint density at radius 2 is 2.08 bits per heavy atom. The Bertz CT molecular complexity index is 248. The number of rotatable bonds is 3. The highest BCUT2D eigenvalue weighted by atomic mass is 35.5. The summed E-state index contributed by atoms with van der Waals surface area (Å²) in [4.78, 5) is 11.0. The third-order valence-corrected chi connectivity index (χ3v) is 1.46. The van der Waals surface area contributed by atoms with Crippen molar-refractivity contribution in [1.29, 1.82) is 0 Å². The van der Waals surface area contributed by atoms with Crippen molar-refractivity contribution in [3.63, 3.8) is 0 Å². The standard InChI is InChI=1S/C9H9ClNO/c10-7-6-9(12)11-8-4-2-1-3-5-8/h1-6H,7H2,(H,11,12). The highest BCUT2D eigenvalue weighted by molar-refractivity contribution is 6.21. The molecule has 0 aromatic heterocycles. The van der Waals surface area contributed by atoms with Gasteiger partial charge >= 0.3 is 0 Å². The molecule has 0 fully saturated rings. The summed E-state index contributed by atoms with van der Waals surface area (Å²) in [5.74, 6) is 0.0646. The van der Waals surface area contributed by atoms with Crippen LogP contribution in [0.4, 0.5) is 5.69 Å². The third-order valence-electron chi connectivity index (χ3n) is 1.30. The average molecular weight is 183 g/mol. The first-order chi connectivity index (χ1) is 5.83. The minimum atomic E-state index is -0.170. The molecule has 0 saturated carbocycles. The lowest BCUT2D eigenvalue weighted by molar-refractivity contribution is -0.113. The van der Waals surface area contributed by atoms with Crippen molar-refractivity contribution in [2.75, 3.05) is 11.2 Å². The quantitative estimate of drug-likeness (QED) is 0.713. The fourth-order valence-corrected chi connectivity index (χ4v) is 0.925. The predicted molar refractivity (Wildman–Crippen MR) is 50.1 cm³/mol. The van der Waals surface area contributed by atoms with E-state index in [1.165, 1.54) is 6.42 Å². The maximum absolute atomic E-state index is 11.0. The van der Waals surface area contributed by atoms with E-state index in [0.29, 0.717) is 0 Å². The Kier molecular flexibility index (Phi) is 3.61. The van der Waals surface area contributed by atoms with Gasteiger partial charge in [0.25, 0.3) is 0 Å². The summed E-state index contributed by atoms with van der Waals surface area (Å²) >= 11 is 5.35. The van der Waals surface area contributed by atoms with Gasteiger partial charge in [-0.2, -0.15) is 0 Å². The van der Waals surface area contributed by atoms with Crippen LogP contribution in [0.5, 0.6) is 0 Å². The van der Waals surface area contributed by atoms with Crippen LogP contribution < -0.4 is 5.32 Å². The Labute approximate surface area is 76.5 Å². The Morgan fingerprint density at radius 1 is 1.42 bits per heavy atom. The first-order valence-electron chi connectivity index (χ1n) is 3.58. The fraction of sp³-hybridized carbons (Fsp3) is 0.111. The summed E-state index contributed by atoms with van der Waals surface area (Å²) in [7, 11) is 0. The summed E-state index contributed by atoms with van der Waals surface area (Å²) in [6.07, 6.45) is 1.38. The molecule has 2 nitrogen and oxygen atoms in total. The lowest BCUT2D eigenvalue weighted by Crippen LogP contribution is -2.12. The van der Waals surface area contributed by atoms with E-state index in [2.05, 4.69) is 5.32 Å². The summed E-state index contributed by atoms with van der Waals surface area (Å²) in [5, 5.41) is 2.66. The van der Waals surface area contributed by atoms with Gasteiger partial charge in [-0.1, -0.05) is 18.2 Å². The number of hydrogen-bond acceptors (Lipinski definition) is 1. The number of amides is 1. The van der Waals surface area contributed by atoms with E-state index in [1.54, 1.807) is 0 Å². The topological polar surface area (TPSA) is 29.1 Å². The molecule has 1 aromatic carbocycles. The van der Waals surface area contributed by atoms with E-state index < -0.39 is 0 Å². The van der Waals surface area contributed by atoms with Crippen molar-refractivity contribution in [3.05, 3.63) is 36.8 Å². The van der Waals surface area contributed by atoms with E-state index in [4.69, 9.17) is 11.6 Å². The molecule has 0 heterocycles. The average Bonchev–Trinajstić information content (AvgIpc) is 2.06. The molecule has 12 heavy (non-hydrogen) atoms. The fourth-order valence-electron chi connectivity index (χ4n) is 0.785. The second-order valence-electron chi connectivity index (χ2n) is 2.21. The lowest BCUT2D eigenvalue weighted by Gasteiger charge is -2.01. The highest BCUT2D eigenvalue weighted by Gasteiger charge is 1.99. The molecule has 0 spiro atoms. The molecule has 0 aliphatic heterocycles. The Hall–Kier alpha value is -1.02. The SMILES string of the molecule is O=C([CH]CCl)Nc1ccccc1. The largest absolute Gasteiger partial charge is 0.326 e. The van der Waals surface area contributed by atoms with E-state index in [-0.39, 0.29) is 11.8 Å². The van der Waals surface area contributed by atoms with E-state index in [1.807, 2.05) is 30.3 Å². The number of hydrogen-bond donors (Lipinski definition) is 1. The highest BCUT2D eigenvalue weighted by Crippen LogP contribution is 2.04. The molecule has 1 rings (SSSR count). The van der Waals surface area contributed by atoms with Crippen LogP contribution >= 0.6 is 11.6 Å². The zero-order chi connectivity index (χ0) is 8.81. The Morgan fingerprint density at radius 3 is 2.67 bits per heavy atom. The zero-order valence-corrected chi connectivity index (χ0v) is 7.21. The zero-order valence-electron chi connectivity index (χ0n) is 6.46. The monoisotopic (exact) mass is 182 g/mol. The molecular weight excluding hydrogens is 174 g/mol. The molecule has 1 radical (unpaired) electrons. The molecule has 0 atom stereocenters. The first-order valence-corrected chi connectivity index (χ1v) is 4.11. The first kappa shape index (κ1) is 9.07. The smallest absolute Gasteiger partial charge is 0.229 e. The van der Waals surface area contributed by atoms with Gasteiger partial charge in [-0.05, 0) is 12.1 Å². The van der Waals surface area contributed by atoms with E-state index in [9.17, 15) is 4.79 Å². The summed E-state index contributed by atoms with van der Waals surface area (Å²) in [5.41, 5.74) is 0.781. The van der Waals surface area contributed by atoms with Crippen LogP contribution in [-0.2, 0) is 4.79 Å². The van der Waals surface area contributed by atoms with E-state index >= 15 is 0 Å². The maximum Gasteiger partial charge on any atom is 0.229 e. The maximum atomic E-state index is 11.0. The van der Waals surface area contributed by atoms with Crippen molar-refractivity contribution < 1.29 is 4.79 Å². The molecule has 0 unspecified atom stereocenters. The minimum absolute atomic E-state index is 0.170. The number of benzene rings is 1. The second-order valence-corrected chi connectivity index (χ2v) is 2.52. The van der Waals surface area contributed by atoms with Crippen LogP contribution in [0.1, 0.15) is 0 Å². The van der Waals surface area contributed by atoms with Crippen LogP contribution in [0.15, 0.2) is 30.3 Å². The normalized spacial score (nSPS) is 9.42. The number of para-hydroxylation sites is 1. The van der Waals surface area contributed by atoms with Gasteiger partial charge in [-0.15, -0.1) is 11.6 Å². The van der Waals surface area contributed by atoms with Gasteiger partial charge in [-0.25, -0.2) is 0 Å². The van der Waals surface area contributed by atoms with Gasteiger partial charge in [0.05, 0.1) is 6.42 Å². The van der Waals surface area contributed by atoms with Crippen molar-refractivity contribution >= 4 is 23.2 Å². The second kappa shape index (κ2) is 4.78. The molecule has 0 saturated heterocycles. The van der Waals surface area contributed by atoms with Gasteiger partial charge in [0.1, 0.15) is 0 Å². The van der Waals surface area contributed by atoms with Gasteiger partial charge < -0.3 is 5.32 Å². The van der Waals surface area contributed by atoms with E-state index in [0.717, 1.165) is 5.69 Å². The minimum Gasteiger partial charge on any atom is -0.326 e. The lowest BCUT2D eigenvalue weighted by atomic mass is 10.3. The number of anilines is 1. The molecule has 1 aromatic rings. The van der Waals surface area contributed by atoms with Crippen molar-refractivity contribution in [2.24, 2.45) is 0 Å². The van der Waals surface area contributed by atoms with Crippen molar-refractivity contribution in [3.8, 4) is 0 Å². The number of carbonyl (C=O) groups is 1. The summed E-state index contributed by atoms with van der Waals surface area (Å²) in [6.45, 7) is 0. The Balaban J connectivity index is 2.47. The van der Waals surface area contributed by atoms with Crippen molar-refractivity contribution in [2.45, 2.75) is 0 Å².